The van der Waals surface area contributed by atoms with Gasteiger partial charge in [-0.15, -0.1) is 6.58 Å². The van der Waals surface area contributed by atoms with Crippen LogP contribution in [0.1, 0.15) is 27.2 Å². The predicted octanol–water partition coefficient (Wildman–Crippen LogP) is 1.41. The van der Waals surface area contributed by atoms with E-state index in [1.165, 1.54) is 6.08 Å². The van der Waals surface area contributed by atoms with Crippen molar-refractivity contribution in [2.45, 2.75) is 27.2 Å². The Morgan fingerprint density at radius 2 is 2.06 bits per heavy atom. The largest absolute Gasteiger partial charge is 0.465 e. The van der Waals surface area contributed by atoms with Crippen LogP contribution in [0.25, 0.3) is 0 Å². The summed E-state index contributed by atoms with van der Waals surface area (Å²) in [6, 6.07) is 0. The van der Waals surface area contributed by atoms with E-state index >= 15 is 0 Å². The van der Waals surface area contributed by atoms with E-state index in [0.717, 1.165) is 4.31 Å². The summed E-state index contributed by atoms with van der Waals surface area (Å²) >= 11 is 0. The van der Waals surface area contributed by atoms with E-state index in [-0.39, 0.29) is 25.4 Å². The summed E-state index contributed by atoms with van der Waals surface area (Å²) in [6.45, 7) is 9.22. The predicted molar refractivity (Wildman–Crippen MR) is 71.6 cm³/mol. The first-order chi connectivity index (χ1) is 8.33. The minimum absolute atomic E-state index is 0.0396. The molecule has 0 bridgehead atoms. The third-order valence-corrected chi connectivity index (χ3v) is 4.11. The lowest BCUT2D eigenvalue weighted by molar-refractivity contribution is -0.143. The SMILES string of the molecule is C=CCN(CC(=O)OCC)S(=O)(=O)CCC(C)C. The number of sulfonamides is 1. The molecule has 0 spiro atoms. The minimum atomic E-state index is -3.43. The Hall–Kier alpha value is -0.880. The van der Waals surface area contributed by atoms with Crippen LogP contribution in [0.15, 0.2) is 12.7 Å². The molecule has 0 amide bonds. The molecule has 6 heteroatoms. The molecule has 0 fully saturated rings. The van der Waals surface area contributed by atoms with Crippen molar-refractivity contribution in [1.29, 1.82) is 0 Å². The Balaban J connectivity index is 4.65. The van der Waals surface area contributed by atoms with Crippen LogP contribution in [0.4, 0.5) is 0 Å². The molecule has 0 atom stereocenters. The van der Waals surface area contributed by atoms with E-state index in [1.807, 2.05) is 13.8 Å². The van der Waals surface area contributed by atoms with Crippen LogP contribution < -0.4 is 0 Å². The summed E-state index contributed by atoms with van der Waals surface area (Å²) in [5, 5.41) is 0. The molecule has 18 heavy (non-hydrogen) atoms. The van der Waals surface area contributed by atoms with Crippen LogP contribution in [0.5, 0.6) is 0 Å². The summed E-state index contributed by atoms with van der Waals surface area (Å²) < 4.78 is 29.9. The van der Waals surface area contributed by atoms with Gasteiger partial charge in [-0.1, -0.05) is 19.9 Å². The van der Waals surface area contributed by atoms with E-state index in [4.69, 9.17) is 4.74 Å². The molecule has 0 aromatic heterocycles. The Kier molecular flexibility index (Phi) is 7.86. The van der Waals surface area contributed by atoms with Gasteiger partial charge in [0, 0.05) is 6.54 Å². The first-order valence-corrected chi connectivity index (χ1v) is 7.68. The highest BCUT2D eigenvalue weighted by molar-refractivity contribution is 7.89. The number of esters is 1. The number of ether oxygens (including phenoxy) is 1. The molecule has 0 heterocycles. The summed E-state index contributed by atoms with van der Waals surface area (Å²) in [5.74, 6) is -0.196. The van der Waals surface area contributed by atoms with E-state index in [1.54, 1.807) is 6.92 Å². The van der Waals surface area contributed by atoms with Crippen LogP contribution in [0.3, 0.4) is 0 Å². The number of rotatable bonds is 9. The summed E-state index contributed by atoms with van der Waals surface area (Å²) in [7, 11) is -3.43. The van der Waals surface area contributed by atoms with Gasteiger partial charge < -0.3 is 4.74 Å². The van der Waals surface area contributed by atoms with E-state index in [2.05, 4.69) is 6.58 Å². The zero-order valence-corrected chi connectivity index (χ0v) is 12.2. The van der Waals surface area contributed by atoms with E-state index in [9.17, 15) is 13.2 Å². The lowest BCUT2D eigenvalue weighted by atomic mass is 10.2. The maximum Gasteiger partial charge on any atom is 0.321 e. The van der Waals surface area contributed by atoms with Crippen LogP contribution >= 0.6 is 0 Å². The lowest BCUT2D eigenvalue weighted by Gasteiger charge is -2.20. The molecule has 0 rings (SSSR count). The quantitative estimate of drug-likeness (QED) is 0.472. The van der Waals surface area contributed by atoms with Crippen molar-refractivity contribution < 1.29 is 17.9 Å². The summed E-state index contributed by atoms with van der Waals surface area (Å²) in [4.78, 5) is 11.4. The van der Waals surface area contributed by atoms with Crippen molar-refractivity contribution in [2.75, 3.05) is 25.4 Å². The van der Waals surface area contributed by atoms with Crippen molar-refractivity contribution in [3.05, 3.63) is 12.7 Å². The zero-order valence-electron chi connectivity index (χ0n) is 11.4. The molecular weight excluding hydrogens is 254 g/mol. The van der Waals surface area contributed by atoms with Crippen LogP contribution in [-0.2, 0) is 19.6 Å². The Bertz CT molecular complexity index is 362. The standard InChI is InChI=1S/C12H23NO4S/c1-5-8-13(10-12(14)17-6-2)18(15,16)9-7-11(3)4/h5,11H,1,6-10H2,2-4H3. The van der Waals surface area contributed by atoms with Gasteiger partial charge in [0.1, 0.15) is 6.54 Å². The topological polar surface area (TPSA) is 63.7 Å². The Labute approximate surface area is 110 Å². The molecule has 0 saturated carbocycles. The first-order valence-electron chi connectivity index (χ1n) is 6.07. The van der Waals surface area contributed by atoms with Gasteiger partial charge in [-0.05, 0) is 19.3 Å². The highest BCUT2D eigenvalue weighted by Gasteiger charge is 2.24. The van der Waals surface area contributed by atoms with Gasteiger partial charge in [0.2, 0.25) is 10.0 Å². The molecule has 0 radical (unpaired) electrons. The number of carbonyl (C=O) groups excluding carboxylic acids is 1. The van der Waals surface area contributed by atoms with Crippen LogP contribution in [0, 0.1) is 5.92 Å². The molecule has 5 nitrogen and oxygen atoms in total. The fourth-order valence-corrected chi connectivity index (χ4v) is 2.95. The van der Waals surface area contributed by atoms with Crippen molar-refractivity contribution in [3.8, 4) is 0 Å². The van der Waals surface area contributed by atoms with Crippen molar-refractivity contribution in [2.24, 2.45) is 5.92 Å². The lowest BCUT2D eigenvalue weighted by Crippen LogP contribution is -2.38. The maximum absolute atomic E-state index is 12.0. The normalized spacial score (nSPS) is 11.8. The number of nitrogens with zero attached hydrogens (tertiary/aromatic N) is 1. The zero-order chi connectivity index (χ0) is 14.2. The number of hydrogen-bond donors (Lipinski definition) is 0. The van der Waals surface area contributed by atoms with Crippen LogP contribution in [0.2, 0.25) is 0 Å². The molecule has 0 aromatic rings. The summed E-state index contributed by atoms with van der Waals surface area (Å²) in [6.07, 6.45) is 2.03. The van der Waals surface area contributed by atoms with E-state index < -0.39 is 16.0 Å². The fourth-order valence-electron chi connectivity index (χ4n) is 1.28. The van der Waals surface area contributed by atoms with Gasteiger partial charge in [0.25, 0.3) is 0 Å². The van der Waals surface area contributed by atoms with Crippen LogP contribution in [-0.4, -0.2) is 44.1 Å². The molecule has 0 saturated heterocycles. The third kappa shape index (κ3) is 6.76. The number of hydrogen-bond acceptors (Lipinski definition) is 4. The summed E-state index contributed by atoms with van der Waals surface area (Å²) in [5.41, 5.74) is 0. The number of carbonyl (C=O) groups is 1. The Morgan fingerprint density at radius 1 is 1.44 bits per heavy atom. The average Bonchev–Trinajstić information content (AvgIpc) is 2.26. The molecule has 0 N–H and O–H groups in total. The van der Waals surface area contributed by atoms with Crippen molar-refractivity contribution in [3.63, 3.8) is 0 Å². The van der Waals surface area contributed by atoms with Gasteiger partial charge in [-0.2, -0.15) is 4.31 Å². The minimum Gasteiger partial charge on any atom is -0.465 e. The van der Waals surface area contributed by atoms with Crippen molar-refractivity contribution in [1.82, 2.24) is 4.31 Å². The van der Waals surface area contributed by atoms with Gasteiger partial charge in [0.15, 0.2) is 0 Å². The maximum atomic E-state index is 12.0. The highest BCUT2D eigenvalue weighted by Crippen LogP contribution is 2.08. The molecule has 106 valence electrons. The third-order valence-electron chi connectivity index (χ3n) is 2.29. The molecule has 0 aliphatic carbocycles. The fraction of sp³-hybridized carbons (Fsp3) is 0.750. The smallest absolute Gasteiger partial charge is 0.321 e. The second kappa shape index (κ2) is 8.26. The van der Waals surface area contributed by atoms with Crippen molar-refractivity contribution >= 4 is 16.0 Å². The Morgan fingerprint density at radius 3 is 2.50 bits per heavy atom. The molecule has 0 unspecified atom stereocenters. The van der Waals surface area contributed by atoms with E-state index in [0.29, 0.717) is 12.3 Å². The molecule has 0 aromatic carbocycles. The second-order valence-corrected chi connectivity index (χ2v) is 6.47. The van der Waals surface area contributed by atoms with Gasteiger partial charge in [-0.25, -0.2) is 8.42 Å². The first kappa shape index (κ1) is 17.1. The molecular formula is C12H23NO4S. The molecule has 0 aliphatic heterocycles. The van der Waals surface area contributed by atoms with Gasteiger partial charge in [-0.3, -0.25) is 4.79 Å². The second-order valence-electron chi connectivity index (χ2n) is 4.38. The van der Waals surface area contributed by atoms with Gasteiger partial charge >= 0.3 is 5.97 Å². The van der Waals surface area contributed by atoms with Gasteiger partial charge in [0.05, 0.1) is 12.4 Å². The monoisotopic (exact) mass is 277 g/mol. The highest BCUT2D eigenvalue weighted by atomic mass is 32.2. The molecule has 0 aliphatic rings. The average molecular weight is 277 g/mol.